The smallest absolute Gasteiger partial charge is 0.344 e. The second-order valence-electron chi connectivity index (χ2n) is 6.31. The van der Waals surface area contributed by atoms with Crippen molar-refractivity contribution < 1.29 is 28.9 Å². The van der Waals surface area contributed by atoms with E-state index in [0.717, 1.165) is 18.4 Å². The zero-order valence-electron chi connectivity index (χ0n) is 14.6. The fraction of sp³-hybridized carbons (Fsp3) is 0.579. The Morgan fingerprint density at radius 1 is 1.16 bits per heavy atom. The summed E-state index contributed by atoms with van der Waals surface area (Å²) in [7, 11) is 0. The monoisotopic (exact) mass is 350 g/mol. The quantitative estimate of drug-likeness (QED) is 0.419. The Labute approximate surface area is 148 Å². The highest BCUT2D eigenvalue weighted by atomic mass is 16.6. The average molecular weight is 350 g/mol. The number of benzene rings is 1. The third-order valence-electron chi connectivity index (χ3n) is 4.18. The van der Waals surface area contributed by atoms with Gasteiger partial charge < -0.3 is 19.3 Å². The van der Waals surface area contributed by atoms with Gasteiger partial charge >= 0.3 is 11.9 Å². The first-order valence-electron chi connectivity index (χ1n) is 8.73. The molecule has 0 aromatic heterocycles. The van der Waals surface area contributed by atoms with E-state index >= 15 is 0 Å². The third-order valence-corrected chi connectivity index (χ3v) is 4.18. The van der Waals surface area contributed by atoms with Crippen LogP contribution < -0.4 is 0 Å². The maximum absolute atomic E-state index is 11.4. The molecular formula is C19H26O6. The number of aliphatic hydroxyl groups is 1. The molecule has 0 aliphatic heterocycles. The van der Waals surface area contributed by atoms with Crippen LogP contribution in [0.2, 0.25) is 0 Å². The number of hydrogen-bond acceptors (Lipinski definition) is 6. The van der Waals surface area contributed by atoms with Crippen LogP contribution in [0.1, 0.15) is 57.1 Å². The molecule has 2 rings (SSSR count). The van der Waals surface area contributed by atoms with E-state index in [-0.39, 0.29) is 19.3 Å². The molecule has 138 valence electrons. The second-order valence-corrected chi connectivity index (χ2v) is 6.31. The van der Waals surface area contributed by atoms with Crippen LogP contribution >= 0.6 is 0 Å². The van der Waals surface area contributed by atoms with Gasteiger partial charge in [0, 0.05) is 19.8 Å². The van der Waals surface area contributed by atoms with Crippen molar-refractivity contribution in [3.8, 4) is 0 Å². The first-order chi connectivity index (χ1) is 12.0. The highest BCUT2D eigenvalue weighted by Crippen LogP contribution is 2.36. The van der Waals surface area contributed by atoms with Crippen molar-refractivity contribution in [1.29, 1.82) is 0 Å². The minimum absolute atomic E-state index is 0.214. The van der Waals surface area contributed by atoms with Crippen molar-refractivity contribution in [2.45, 2.75) is 57.3 Å². The summed E-state index contributed by atoms with van der Waals surface area (Å²) in [6.07, 6.45) is 4.17. The Hall–Kier alpha value is -1.92. The molecule has 1 aromatic carbocycles. The molecule has 0 heterocycles. The molecule has 0 unspecified atom stereocenters. The van der Waals surface area contributed by atoms with Crippen LogP contribution in [0.4, 0.5) is 0 Å². The van der Waals surface area contributed by atoms with Crippen LogP contribution in [0.5, 0.6) is 0 Å². The Morgan fingerprint density at radius 2 is 1.84 bits per heavy atom. The number of carbonyl (C=O) groups is 2. The van der Waals surface area contributed by atoms with Gasteiger partial charge in [-0.3, -0.25) is 4.79 Å². The lowest BCUT2D eigenvalue weighted by atomic mass is 10.0. The lowest BCUT2D eigenvalue weighted by Gasteiger charge is -2.29. The lowest BCUT2D eigenvalue weighted by Crippen LogP contribution is -2.30. The summed E-state index contributed by atoms with van der Waals surface area (Å²) < 4.78 is 15.6. The van der Waals surface area contributed by atoms with Crippen molar-refractivity contribution in [3.05, 3.63) is 35.9 Å². The van der Waals surface area contributed by atoms with Gasteiger partial charge in [0.2, 0.25) is 0 Å². The van der Waals surface area contributed by atoms with Gasteiger partial charge in [-0.05, 0) is 31.2 Å². The normalized spacial score (nSPS) is 17.0. The Kier molecular flexibility index (Phi) is 7.40. The molecule has 1 saturated carbocycles. The SMILES string of the molecule is CC(=O)OCC(=O)OCCC[C@@H](OC1(O)CCCC1)c1ccccc1. The number of hydrogen-bond donors (Lipinski definition) is 1. The zero-order valence-corrected chi connectivity index (χ0v) is 14.6. The van der Waals surface area contributed by atoms with Crippen molar-refractivity contribution in [3.63, 3.8) is 0 Å². The number of carbonyl (C=O) groups excluding carboxylic acids is 2. The fourth-order valence-electron chi connectivity index (χ4n) is 2.93. The number of ether oxygens (including phenoxy) is 3. The maximum Gasteiger partial charge on any atom is 0.344 e. The lowest BCUT2D eigenvalue weighted by molar-refractivity contribution is -0.229. The van der Waals surface area contributed by atoms with Gasteiger partial charge in [-0.2, -0.15) is 0 Å². The third kappa shape index (κ3) is 6.84. The van der Waals surface area contributed by atoms with Gasteiger partial charge in [0.05, 0.1) is 12.7 Å². The highest BCUT2D eigenvalue weighted by Gasteiger charge is 2.35. The first kappa shape index (κ1) is 19.4. The Morgan fingerprint density at radius 3 is 2.48 bits per heavy atom. The van der Waals surface area contributed by atoms with Crippen LogP contribution in [0.15, 0.2) is 30.3 Å². The highest BCUT2D eigenvalue weighted by molar-refractivity contribution is 5.75. The van der Waals surface area contributed by atoms with Crippen molar-refractivity contribution in [2.24, 2.45) is 0 Å². The molecule has 0 amide bonds. The molecule has 1 aliphatic rings. The Bertz CT molecular complexity index is 550. The van der Waals surface area contributed by atoms with E-state index in [1.165, 1.54) is 6.92 Å². The molecule has 1 atom stereocenters. The molecule has 1 fully saturated rings. The summed E-state index contributed by atoms with van der Waals surface area (Å²) in [5, 5.41) is 10.5. The van der Waals surface area contributed by atoms with Gasteiger partial charge in [-0.15, -0.1) is 0 Å². The predicted octanol–water partition coefficient (Wildman–Crippen LogP) is 2.89. The van der Waals surface area contributed by atoms with E-state index in [1.54, 1.807) is 0 Å². The van der Waals surface area contributed by atoms with Gasteiger partial charge in [0.25, 0.3) is 0 Å². The number of rotatable bonds is 9. The number of esters is 2. The molecule has 6 heteroatoms. The van der Waals surface area contributed by atoms with Crippen molar-refractivity contribution in [1.82, 2.24) is 0 Å². The predicted molar refractivity (Wildman–Crippen MR) is 90.5 cm³/mol. The molecular weight excluding hydrogens is 324 g/mol. The maximum atomic E-state index is 11.4. The molecule has 1 N–H and O–H groups in total. The molecule has 0 saturated heterocycles. The van der Waals surface area contributed by atoms with Crippen LogP contribution in [0, 0.1) is 0 Å². The molecule has 6 nitrogen and oxygen atoms in total. The molecule has 0 spiro atoms. The molecule has 25 heavy (non-hydrogen) atoms. The average Bonchev–Trinajstić information content (AvgIpc) is 3.03. The molecule has 0 radical (unpaired) electrons. The summed E-state index contributed by atoms with van der Waals surface area (Å²) in [5.74, 6) is -2.15. The van der Waals surface area contributed by atoms with E-state index in [9.17, 15) is 14.7 Å². The van der Waals surface area contributed by atoms with Gasteiger partial charge in [-0.25, -0.2) is 4.79 Å². The van der Waals surface area contributed by atoms with Gasteiger partial charge in [0.1, 0.15) is 0 Å². The van der Waals surface area contributed by atoms with E-state index in [4.69, 9.17) is 9.47 Å². The van der Waals surface area contributed by atoms with Gasteiger partial charge in [-0.1, -0.05) is 30.3 Å². The summed E-state index contributed by atoms with van der Waals surface area (Å²) in [4.78, 5) is 22.1. The van der Waals surface area contributed by atoms with Crippen LogP contribution in [-0.2, 0) is 23.8 Å². The first-order valence-corrected chi connectivity index (χ1v) is 8.73. The molecule has 0 bridgehead atoms. The standard InChI is InChI=1S/C19H26O6/c1-15(20)24-14-18(21)23-13-7-10-17(16-8-3-2-4-9-16)25-19(22)11-5-6-12-19/h2-4,8-9,17,22H,5-7,10-14H2,1H3/t17-/m1/s1. The minimum Gasteiger partial charge on any atom is -0.463 e. The second kappa shape index (κ2) is 9.53. The largest absolute Gasteiger partial charge is 0.463 e. The van der Waals surface area contributed by atoms with E-state index in [2.05, 4.69) is 4.74 Å². The summed E-state index contributed by atoms with van der Waals surface area (Å²) >= 11 is 0. The molecule has 1 aromatic rings. The van der Waals surface area contributed by atoms with E-state index < -0.39 is 17.7 Å². The Balaban J connectivity index is 1.82. The zero-order chi connectivity index (χ0) is 18.1. The van der Waals surface area contributed by atoms with Crippen LogP contribution in [-0.4, -0.2) is 36.0 Å². The topological polar surface area (TPSA) is 82.1 Å². The fourth-order valence-corrected chi connectivity index (χ4v) is 2.93. The van der Waals surface area contributed by atoms with E-state index in [0.29, 0.717) is 25.7 Å². The van der Waals surface area contributed by atoms with Crippen molar-refractivity contribution in [2.75, 3.05) is 13.2 Å². The minimum atomic E-state index is -1.06. The van der Waals surface area contributed by atoms with Crippen LogP contribution in [0.25, 0.3) is 0 Å². The van der Waals surface area contributed by atoms with Crippen molar-refractivity contribution >= 4 is 11.9 Å². The van der Waals surface area contributed by atoms with Crippen LogP contribution in [0.3, 0.4) is 0 Å². The van der Waals surface area contributed by atoms with E-state index in [1.807, 2.05) is 30.3 Å². The molecule has 1 aliphatic carbocycles. The summed E-state index contributed by atoms with van der Waals surface area (Å²) in [6, 6.07) is 9.74. The summed E-state index contributed by atoms with van der Waals surface area (Å²) in [6.45, 7) is 1.09. The summed E-state index contributed by atoms with van der Waals surface area (Å²) in [5.41, 5.74) is 0.995. The van der Waals surface area contributed by atoms with Gasteiger partial charge in [0.15, 0.2) is 12.4 Å².